The van der Waals surface area contributed by atoms with Gasteiger partial charge in [0.15, 0.2) is 0 Å². The number of benzene rings is 1. The molecule has 0 aliphatic rings. The summed E-state index contributed by atoms with van der Waals surface area (Å²) in [5.41, 5.74) is 5.31. The first-order valence-electron chi connectivity index (χ1n) is 5.10. The van der Waals surface area contributed by atoms with E-state index in [1.165, 1.54) is 25.1 Å². The molecule has 0 aromatic heterocycles. The summed E-state index contributed by atoms with van der Waals surface area (Å²) in [6.45, 7) is 1.50. The number of para-hydroxylation sites is 1. The number of nitrogens with two attached hydrogens (primary N) is 1. The van der Waals surface area contributed by atoms with E-state index >= 15 is 0 Å². The van der Waals surface area contributed by atoms with Crippen LogP contribution in [0.5, 0.6) is 0 Å². The molecule has 0 saturated heterocycles. The molecule has 1 aromatic carbocycles. The molecule has 6 heteroatoms. The minimum atomic E-state index is -0.687. The molecule has 1 aromatic rings. The van der Waals surface area contributed by atoms with Crippen LogP contribution in [0.2, 0.25) is 0 Å². The lowest BCUT2D eigenvalue weighted by Gasteiger charge is -2.18. The number of halogens is 1. The first kappa shape index (κ1) is 13.1. The Bertz CT molecular complexity index is 423. The molecule has 3 N–H and O–H groups in total. The highest BCUT2D eigenvalue weighted by Crippen LogP contribution is 2.13. The molecule has 0 saturated carbocycles. The van der Waals surface area contributed by atoms with Crippen molar-refractivity contribution >= 4 is 17.6 Å². The molecule has 0 fully saturated rings. The molecule has 0 unspecified atom stereocenters. The maximum atomic E-state index is 13.3. The van der Waals surface area contributed by atoms with Crippen molar-refractivity contribution in [3.05, 3.63) is 30.1 Å². The van der Waals surface area contributed by atoms with Gasteiger partial charge in [-0.1, -0.05) is 12.1 Å². The van der Waals surface area contributed by atoms with E-state index in [9.17, 15) is 14.0 Å². The van der Waals surface area contributed by atoms with Crippen molar-refractivity contribution < 1.29 is 14.0 Å². The van der Waals surface area contributed by atoms with Gasteiger partial charge in [0.1, 0.15) is 5.82 Å². The van der Waals surface area contributed by atoms with Crippen molar-refractivity contribution in [2.24, 2.45) is 5.73 Å². The van der Waals surface area contributed by atoms with Crippen LogP contribution in [0.1, 0.15) is 6.92 Å². The van der Waals surface area contributed by atoms with E-state index in [1.54, 1.807) is 6.07 Å². The lowest BCUT2D eigenvalue weighted by atomic mass is 10.3. The molecular formula is C11H14FN3O2. The average Bonchev–Trinajstić information content (AvgIpc) is 2.28. The highest BCUT2D eigenvalue weighted by atomic mass is 19.1. The molecule has 0 bridgehead atoms. The fourth-order valence-electron chi connectivity index (χ4n) is 1.28. The maximum absolute atomic E-state index is 13.3. The quantitative estimate of drug-likeness (QED) is 0.831. The zero-order valence-corrected chi connectivity index (χ0v) is 9.44. The Morgan fingerprint density at radius 2 is 2.06 bits per heavy atom. The molecule has 0 aliphatic carbocycles. The highest BCUT2D eigenvalue weighted by Gasteiger charge is 2.17. The molecule has 92 valence electrons. The van der Waals surface area contributed by atoms with E-state index in [0.29, 0.717) is 0 Å². The average molecular weight is 239 g/mol. The van der Waals surface area contributed by atoms with Crippen molar-refractivity contribution in [2.45, 2.75) is 6.92 Å². The topological polar surface area (TPSA) is 75.4 Å². The molecule has 0 spiro atoms. The molecule has 3 amide bonds. The van der Waals surface area contributed by atoms with Crippen molar-refractivity contribution in [1.29, 1.82) is 0 Å². The van der Waals surface area contributed by atoms with Gasteiger partial charge >= 0.3 is 6.03 Å². The van der Waals surface area contributed by atoms with Gasteiger partial charge in [-0.3, -0.25) is 9.69 Å². The molecule has 5 nitrogen and oxygen atoms in total. The van der Waals surface area contributed by atoms with Crippen LogP contribution in [0.4, 0.5) is 14.9 Å². The Morgan fingerprint density at radius 1 is 1.41 bits per heavy atom. The van der Waals surface area contributed by atoms with Crippen LogP contribution in [-0.4, -0.2) is 29.9 Å². The van der Waals surface area contributed by atoms with Crippen LogP contribution < -0.4 is 11.1 Å². The fraction of sp³-hybridized carbons (Fsp3) is 0.273. The highest BCUT2D eigenvalue weighted by molar-refractivity contribution is 6.00. The van der Waals surface area contributed by atoms with Gasteiger partial charge in [0.2, 0.25) is 5.91 Å². The summed E-state index contributed by atoms with van der Waals surface area (Å²) in [5, 5.41) is 2.31. The smallest absolute Gasteiger partial charge is 0.328 e. The van der Waals surface area contributed by atoms with Crippen molar-refractivity contribution in [2.75, 3.05) is 18.4 Å². The van der Waals surface area contributed by atoms with Gasteiger partial charge in [-0.25, -0.2) is 9.18 Å². The Kier molecular flexibility index (Phi) is 4.59. The summed E-state index contributed by atoms with van der Waals surface area (Å²) < 4.78 is 13.3. The maximum Gasteiger partial charge on any atom is 0.328 e. The minimum Gasteiger partial charge on any atom is -0.329 e. The van der Waals surface area contributed by atoms with Gasteiger partial charge in [0.05, 0.1) is 5.69 Å². The van der Waals surface area contributed by atoms with Gasteiger partial charge in [0.25, 0.3) is 0 Å². The number of nitrogens with zero attached hydrogens (tertiary/aromatic N) is 1. The standard InChI is InChI=1S/C11H14FN3O2/c1-8(16)15(7-6-13)11(17)14-10-5-3-2-4-9(10)12/h2-5H,6-7,13H2,1H3,(H,14,17). The van der Waals surface area contributed by atoms with Gasteiger partial charge in [-0.05, 0) is 12.1 Å². The molecule has 0 aliphatic heterocycles. The lowest BCUT2D eigenvalue weighted by molar-refractivity contribution is -0.125. The van der Waals surface area contributed by atoms with Crippen LogP contribution in [0.3, 0.4) is 0 Å². The molecule has 1 rings (SSSR count). The van der Waals surface area contributed by atoms with Crippen LogP contribution in [0, 0.1) is 5.82 Å². The minimum absolute atomic E-state index is 0.0285. The number of carbonyl (C=O) groups excluding carboxylic acids is 2. The Hall–Kier alpha value is -1.95. The Morgan fingerprint density at radius 3 is 2.59 bits per heavy atom. The first-order chi connectivity index (χ1) is 8.06. The SMILES string of the molecule is CC(=O)N(CCN)C(=O)Nc1ccccc1F. The summed E-state index contributed by atoms with van der Waals surface area (Å²) in [6.07, 6.45) is 0. The van der Waals surface area contributed by atoms with E-state index in [2.05, 4.69) is 5.32 Å². The second-order valence-corrected chi connectivity index (χ2v) is 3.37. The zero-order chi connectivity index (χ0) is 12.8. The van der Waals surface area contributed by atoms with Crippen LogP contribution >= 0.6 is 0 Å². The number of amides is 3. The van der Waals surface area contributed by atoms with Crippen LogP contribution in [-0.2, 0) is 4.79 Å². The Balaban J connectivity index is 2.77. The van der Waals surface area contributed by atoms with Crippen LogP contribution in [0.15, 0.2) is 24.3 Å². The third-order valence-corrected chi connectivity index (χ3v) is 2.09. The van der Waals surface area contributed by atoms with Crippen molar-refractivity contribution in [3.8, 4) is 0 Å². The van der Waals surface area contributed by atoms with Gasteiger partial charge in [-0.2, -0.15) is 0 Å². The number of nitrogens with one attached hydrogen (secondary N) is 1. The number of imide groups is 1. The predicted octanol–water partition coefficient (Wildman–Crippen LogP) is 1.16. The van der Waals surface area contributed by atoms with Gasteiger partial charge in [-0.15, -0.1) is 0 Å². The number of rotatable bonds is 3. The fourth-order valence-corrected chi connectivity index (χ4v) is 1.28. The number of urea groups is 1. The van der Waals surface area contributed by atoms with E-state index in [4.69, 9.17) is 5.73 Å². The Labute approximate surface area is 98.4 Å². The van der Waals surface area contributed by atoms with Crippen molar-refractivity contribution in [3.63, 3.8) is 0 Å². The monoisotopic (exact) mass is 239 g/mol. The number of hydrogen-bond acceptors (Lipinski definition) is 3. The molecule has 0 heterocycles. The first-order valence-corrected chi connectivity index (χ1v) is 5.10. The molecular weight excluding hydrogens is 225 g/mol. The largest absolute Gasteiger partial charge is 0.329 e. The van der Waals surface area contributed by atoms with Crippen molar-refractivity contribution in [1.82, 2.24) is 4.90 Å². The number of carbonyl (C=O) groups is 2. The van der Waals surface area contributed by atoms with E-state index < -0.39 is 17.8 Å². The van der Waals surface area contributed by atoms with E-state index in [-0.39, 0.29) is 18.8 Å². The van der Waals surface area contributed by atoms with E-state index in [0.717, 1.165) is 4.90 Å². The summed E-state index contributed by atoms with van der Waals surface area (Å²) >= 11 is 0. The summed E-state index contributed by atoms with van der Waals surface area (Å²) in [5.74, 6) is -0.999. The van der Waals surface area contributed by atoms with E-state index in [1.807, 2.05) is 0 Å². The zero-order valence-electron chi connectivity index (χ0n) is 9.44. The third-order valence-electron chi connectivity index (χ3n) is 2.09. The second-order valence-electron chi connectivity index (χ2n) is 3.37. The molecule has 0 atom stereocenters. The molecule has 0 radical (unpaired) electrons. The summed E-state index contributed by atoms with van der Waals surface area (Å²) in [4.78, 5) is 23.8. The normalized spacial score (nSPS) is 9.82. The predicted molar refractivity (Wildman–Crippen MR) is 61.9 cm³/mol. The lowest BCUT2D eigenvalue weighted by Crippen LogP contribution is -2.41. The third kappa shape index (κ3) is 3.53. The number of anilines is 1. The summed E-state index contributed by atoms with van der Waals surface area (Å²) in [7, 11) is 0. The molecule has 17 heavy (non-hydrogen) atoms. The van der Waals surface area contributed by atoms with Gasteiger partial charge in [0, 0.05) is 20.0 Å². The number of hydrogen-bond donors (Lipinski definition) is 2. The second kappa shape index (κ2) is 5.95. The summed E-state index contributed by atoms with van der Waals surface area (Å²) in [6, 6.07) is 5.03. The van der Waals surface area contributed by atoms with Gasteiger partial charge < -0.3 is 11.1 Å². The van der Waals surface area contributed by atoms with Crippen LogP contribution in [0.25, 0.3) is 0 Å².